The predicted octanol–water partition coefficient (Wildman–Crippen LogP) is 1.32. The minimum Gasteiger partial charge on any atom is -0.303 e. The minimum absolute atomic E-state index is 0.0774. The Morgan fingerprint density at radius 2 is 1.95 bits per heavy atom. The van der Waals surface area contributed by atoms with Gasteiger partial charge in [0.15, 0.2) is 0 Å². The van der Waals surface area contributed by atoms with Gasteiger partial charge in [0.05, 0.1) is 0 Å². The SMILES string of the molecule is NNC(=O)CCN1CCC(Cc2ccccc2)CC1. The van der Waals surface area contributed by atoms with Gasteiger partial charge in [0, 0.05) is 13.0 Å². The quantitative estimate of drug-likeness (QED) is 0.477. The lowest BCUT2D eigenvalue weighted by molar-refractivity contribution is -0.121. The molecule has 4 heteroatoms. The van der Waals surface area contributed by atoms with E-state index in [0.29, 0.717) is 6.42 Å². The molecule has 1 fully saturated rings. The number of rotatable bonds is 5. The first-order valence-electron chi connectivity index (χ1n) is 7.03. The van der Waals surface area contributed by atoms with Crippen LogP contribution in [-0.4, -0.2) is 30.4 Å². The van der Waals surface area contributed by atoms with Crippen molar-refractivity contribution in [1.82, 2.24) is 10.3 Å². The predicted molar refractivity (Wildman–Crippen MR) is 76.3 cm³/mol. The average Bonchev–Trinajstić information content (AvgIpc) is 2.47. The van der Waals surface area contributed by atoms with Crippen molar-refractivity contribution in [2.45, 2.75) is 25.7 Å². The van der Waals surface area contributed by atoms with Gasteiger partial charge in [0.25, 0.3) is 0 Å². The molecule has 104 valence electrons. The first-order valence-corrected chi connectivity index (χ1v) is 7.03. The van der Waals surface area contributed by atoms with Crippen LogP contribution in [0.1, 0.15) is 24.8 Å². The summed E-state index contributed by atoms with van der Waals surface area (Å²) in [5, 5.41) is 0. The average molecular weight is 261 g/mol. The second kappa shape index (κ2) is 7.26. The van der Waals surface area contributed by atoms with Crippen LogP contribution in [0.5, 0.6) is 0 Å². The van der Waals surface area contributed by atoms with E-state index in [0.717, 1.165) is 25.6 Å². The third-order valence-corrected chi connectivity index (χ3v) is 3.89. The second-order valence-corrected chi connectivity index (χ2v) is 5.29. The lowest BCUT2D eigenvalue weighted by Crippen LogP contribution is -2.38. The zero-order valence-electron chi connectivity index (χ0n) is 11.3. The Bertz CT molecular complexity index is 386. The van der Waals surface area contributed by atoms with Gasteiger partial charge in [-0.3, -0.25) is 10.2 Å². The van der Waals surface area contributed by atoms with Crippen molar-refractivity contribution in [3.05, 3.63) is 35.9 Å². The van der Waals surface area contributed by atoms with Crippen molar-refractivity contribution in [1.29, 1.82) is 0 Å². The maximum atomic E-state index is 11.1. The van der Waals surface area contributed by atoms with Gasteiger partial charge in [0.2, 0.25) is 5.91 Å². The number of likely N-dealkylation sites (tertiary alicyclic amines) is 1. The van der Waals surface area contributed by atoms with Crippen molar-refractivity contribution in [2.24, 2.45) is 11.8 Å². The van der Waals surface area contributed by atoms with E-state index in [9.17, 15) is 4.79 Å². The van der Waals surface area contributed by atoms with E-state index < -0.39 is 0 Å². The molecule has 0 spiro atoms. The molecule has 0 radical (unpaired) electrons. The number of benzene rings is 1. The van der Waals surface area contributed by atoms with Gasteiger partial charge in [-0.05, 0) is 43.8 Å². The molecule has 0 bridgehead atoms. The number of hydrogen-bond acceptors (Lipinski definition) is 3. The number of carbonyl (C=O) groups excluding carboxylic acids is 1. The van der Waals surface area contributed by atoms with E-state index >= 15 is 0 Å². The van der Waals surface area contributed by atoms with Crippen molar-refractivity contribution < 1.29 is 4.79 Å². The standard InChI is InChI=1S/C15H23N3O/c16-17-15(19)8-11-18-9-6-14(7-10-18)12-13-4-2-1-3-5-13/h1-5,14H,6-12,16H2,(H,17,19). The molecule has 1 aliphatic rings. The van der Waals surface area contributed by atoms with Crippen molar-refractivity contribution in [2.75, 3.05) is 19.6 Å². The van der Waals surface area contributed by atoms with Crippen LogP contribution < -0.4 is 11.3 Å². The Morgan fingerprint density at radius 1 is 1.26 bits per heavy atom. The lowest BCUT2D eigenvalue weighted by Gasteiger charge is -2.31. The highest BCUT2D eigenvalue weighted by Gasteiger charge is 2.19. The van der Waals surface area contributed by atoms with E-state index in [4.69, 9.17) is 5.84 Å². The topological polar surface area (TPSA) is 58.4 Å². The Hall–Kier alpha value is -1.39. The Balaban J connectivity index is 1.69. The molecule has 0 unspecified atom stereocenters. The molecule has 1 aliphatic heterocycles. The summed E-state index contributed by atoms with van der Waals surface area (Å²) in [6.45, 7) is 3.01. The summed E-state index contributed by atoms with van der Waals surface area (Å²) in [5.41, 5.74) is 3.61. The number of nitrogens with one attached hydrogen (secondary N) is 1. The molecular formula is C15H23N3O. The fourth-order valence-corrected chi connectivity index (χ4v) is 2.69. The molecule has 2 rings (SSSR count). The molecule has 1 aromatic rings. The van der Waals surface area contributed by atoms with E-state index in [2.05, 4.69) is 40.7 Å². The van der Waals surface area contributed by atoms with Crippen LogP contribution in [0.2, 0.25) is 0 Å². The largest absolute Gasteiger partial charge is 0.303 e. The van der Waals surface area contributed by atoms with Crippen molar-refractivity contribution in [3.8, 4) is 0 Å². The smallest absolute Gasteiger partial charge is 0.235 e. The van der Waals surface area contributed by atoms with E-state index in [-0.39, 0.29) is 5.91 Å². The zero-order valence-corrected chi connectivity index (χ0v) is 11.3. The number of piperidine rings is 1. The summed E-state index contributed by atoms with van der Waals surface area (Å²) in [4.78, 5) is 13.5. The van der Waals surface area contributed by atoms with Gasteiger partial charge in [-0.2, -0.15) is 0 Å². The van der Waals surface area contributed by atoms with Gasteiger partial charge in [0.1, 0.15) is 0 Å². The Labute approximate surface area is 114 Å². The molecule has 19 heavy (non-hydrogen) atoms. The number of nitrogens with zero attached hydrogens (tertiary/aromatic N) is 1. The molecule has 1 amide bonds. The van der Waals surface area contributed by atoms with Crippen LogP contribution in [0, 0.1) is 5.92 Å². The monoisotopic (exact) mass is 261 g/mol. The molecule has 0 aliphatic carbocycles. The molecule has 3 N–H and O–H groups in total. The molecule has 0 aromatic heterocycles. The second-order valence-electron chi connectivity index (χ2n) is 5.29. The fraction of sp³-hybridized carbons (Fsp3) is 0.533. The van der Waals surface area contributed by atoms with Crippen molar-refractivity contribution >= 4 is 5.91 Å². The molecule has 0 atom stereocenters. The van der Waals surface area contributed by atoms with Crippen molar-refractivity contribution in [3.63, 3.8) is 0 Å². The van der Waals surface area contributed by atoms with Gasteiger partial charge in [-0.15, -0.1) is 0 Å². The van der Waals surface area contributed by atoms with Gasteiger partial charge < -0.3 is 4.90 Å². The maximum absolute atomic E-state index is 11.1. The summed E-state index contributed by atoms with van der Waals surface area (Å²) < 4.78 is 0. The first kappa shape index (κ1) is 14.0. The number of amides is 1. The van der Waals surface area contributed by atoms with E-state index in [1.54, 1.807) is 0 Å². The summed E-state index contributed by atoms with van der Waals surface area (Å²) in [6, 6.07) is 10.7. The fourth-order valence-electron chi connectivity index (χ4n) is 2.69. The van der Waals surface area contributed by atoms with Crippen LogP contribution in [0.4, 0.5) is 0 Å². The molecule has 0 saturated carbocycles. The highest BCUT2D eigenvalue weighted by atomic mass is 16.2. The highest BCUT2D eigenvalue weighted by Crippen LogP contribution is 2.21. The first-order chi connectivity index (χ1) is 9.28. The molecule has 1 aromatic carbocycles. The minimum atomic E-state index is -0.0774. The number of hydrogen-bond donors (Lipinski definition) is 2. The summed E-state index contributed by atoms with van der Waals surface area (Å²) in [7, 11) is 0. The van der Waals surface area contributed by atoms with Gasteiger partial charge in [-0.1, -0.05) is 30.3 Å². The van der Waals surface area contributed by atoms with Crippen LogP contribution in [0.15, 0.2) is 30.3 Å². The lowest BCUT2D eigenvalue weighted by atomic mass is 9.90. The van der Waals surface area contributed by atoms with E-state index in [1.807, 2.05) is 0 Å². The maximum Gasteiger partial charge on any atom is 0.235 e. The molecule has 1 heterocycles. The summed E-state index contributed by atoms with van der Waals surface area (Å²) in [5.74, 6) is 5.78. The highest BCUT2D eigenvalue weighted by molar-refractivity contribution is 5.75. The van der Waals surface area contributed by atoms with Crippen LogP contribution in [0.25, 0.3) is 0 Å². The number of nitrogens with two attached hydrogens (primary N) is 1. The van der Waals surface area contributed by atoms with Crippen LogP contribution in [0.3, 0.4) is 0 Å². The Kier molecular flexibility index (Phi) is 5.36. The molecular weight excluding hydrogens is 238 g/mol. The molecule has 1 saturated heterocycles. The van der Waals surface area contributed by atoms with Crippen LogP contribution >= 0.6 is 0 Å². The Morgan fingerprint density at radius 3 is 2.58 bits per heavy atom. The molecule has 4 nitrogen and oxygen atoms in total. The van der Waals surface area contributed by atoms with E-state index in [1.165, 1.54) is 24.8 Å². The third kappa shape index (κ3) is 4.65. The summed E-state index contributed by atoms with van der Waals surface area (Å²) in [6.07, 6.45) is 4.12. The van der Waals surface area contributed by atoms with Gasteiger partial charge in [-0.25, -0.2) is 5.84 Å². The van der Waals surface area contributed by atoms with Gasteiger partial charge >= 0.3 is 0 Å². The third-order valence-electron chi connectivity index (χ3n) is 3.89. The summed E-state index contributed by atoms with van der Waals surface area (Å²) >= 11 is 0. The van der Waals surface area contributed by atoms with Crippen LogP contribution in [-0.2, 0) is 11.2 Å². The number of carbonyl (C=O) groups is 1. The zero-order chi connectivity index (χ0) is 13.5. The normalized spacial score (nSPS) is 17.3. The number of hydrazine groups is 1.